The summed E-state index contributed by atoms with van der Waals surface area (Å²) in [5, 5.41) is 0. The van der Waals surface area contributed by atoms with Crippen LogP contribution in [0.3, 0.4) is 0 Å². The van der Waals surface area contributed by atoms with Gasteiger partial charge in [0.2, 0.25) is 0 Å². The summed E-state index contributed by atoms with van der Waals surface area (Å²) < 4.78 is 0. The maximum absolute atomic E-state index is 3.69. The molecule has 0 radical (unpaired) electrons. The molecule has 0 saturated carbocycles. The topological polar surface area (TPSA) is 6.48 Å². The van der Waals surface area contributed by atoms with Crippen LogP contribution in [0.15, 0.2) is 37.2 Å². The summed E-state index contributed by atoms with van der Waals surface area (Å²) in [5.41, 5.74) is 0. The number of allylic oxidation sites excluding steroid dienone is 3. The lowest BCUT2D eigenvalue weighted by molar-refractivity contribution is 0.290. The summed E-state index contributed by atoms with van der Waals surface area (Å²) in [6, 6.07) is 0. The smallest absolute Gasteiger partial charge is 0.0890 e. The number of halogens is 2. The molecule has 0 unspecified atom stereocenters. The van der Waals surface area contributed by atoms with Crippen LogP contribution in [0.5, 0.6) is 0 Å². The molecule has 2 nitrogen and oxygen atoms in total. The molecular weight excluding hydrogens is 452 g/mol. The Labute approximate surface area is 184 Å². The van der Waals surface area contributed by atoms with E-state index in [-0.39, 0.29) is 34.0 Å². The van der Waals surface area contributed by atoms with Gasteiger partial charge in [0.25, 0.3) is 0 Å². The van der Waals surface area contributed by atoms with Gasteiger partial charge in [-0.1, -0.05) is 89.0 Å². The molecule has 0 aromatic rings. The molecule has 0 fully saturated rings. The molecule has 26 heavy (non-hydrogen) atoms. The standard InChI is InChI=1S/C22H40N2.2BrH/c1-3-4-5-6-7-8-9-10-11-12-13-14-15-16-17-18-19-24-21-20-23(2)22-24;;/h3-5,20-21H,1,6-19,22H2,2H3;2*1H. The molecule has 154 valence electrons. The number of hydrogen-bond donors (Lipinski definition) is 0. The fourth-order valence-electron chi connectivity index (χ4n) is 3.27. The monoisotopic (exact) mass is 492 g/mol. The minimum atomic E-state index is 0. The van der Waals surface area contributed by atoms with Gasteiger partial charge in [-0.3, -0.25) is 0 Å². The highest BCUT2D eigenvalue weighted by atomic mass is 79.9. The van der Waals surface area contributed by atoms with Crippen molar-refractivity contribution in [3.05, 3.63) is 37.2 Å². The van der Waals surface area contributed by atoms with Gasteiger partial charge in [-0.2, -0.15) is 0 Å². The predicted molar refractivity (Wildman–Crippen MR) is 128 cm³/mol. The highest BCUT2D eigenvalue weighted by Gasteiger charge is 2.06. The Morgan fingerprint density at radius 3 is 1.73 bits per heavy atom. The summed E-state index contributed by atoms with van der Waals surface area (Å²) >= 11 is 0. The lowest BCUT2D eigenvalue weighted by Crippen LogP contribution is -2.23. The van der Waals surface area contributed by atoms with Gasteiger partial charge in [-0.15, -0.1) is 34.0 Å². The van der Waals surface area contributed by atoms with Crippen molar-refractivity contribution >= 4 is 34.0 Å². The second-order valence-electron chi connectivity index (χ2n) is 7.20. The van der Waals surface area contributed by atoms with Crippen molar-refractivity contribution in [3.63, 3.8) is 0 Å². The fourth-order valence-corrected chi connectivity index (χ4v) is 3.27. The third kappa shape index (κ3) is 17.2. The lowest BCUT2D eigenvalue weighted by Gasteiger charge is -2.17. The van der Waals surface area contributed by atoms with Crippen LogP contribution in [0, 0.1) is 0 Å². The van der Waals surface area contributed by atoms with E-state index in [1.807, 2.05) is 6.08 Å². The third-order valence-electron chi connectivity index (χ3n) is 4.77. The molecule has 0 N–H and O–H groups in total. The number of rotatable bonds is 16. The highest BCUT2D eigenvalue weighted by Crippen LogP contribution is 2.13. The van der Waals surface area contributed by atoms with Gasteiger partial charge in [0.1, 0.15) is 0 Å². The Hall–Kier alpha value is -0.220. The molecule has 0 aromatic heterocycles. The zero-order chi connectivity index (χ0) is 17.3. The molecule has 0 atom stereocenters. The Balaban J connectivity index is 0. The molecule has 0 aromatic carbocycles. The quantitative estimate of drug-likeness (QED) is 0.161. The van der Waals surface area contributed by atoms with E-state index in [4.69, 9.17) is 0 Å². The second-order valence-corrected chi connectivity index (χ2v) is 7.20. The molecule has 0 amide bonds. The van der Waals surface area contributed by atoms with Crippen molar-refractivity contribution in [2.24, 2.45) is 0 Å². The van der Waals surface area contributed by atoms with Crippen molar-refractivity contribution in [2.45, 2.75) is 83.5 Å². The number of unbranched alkanes of at least 4 members (excludes halogenated alkanes) is 12. The van der Waals surface area contributed by atoms with E-state index in [1.54, 1.807) is 0 Å². The van der Waals surface area contributed by atoms with Crippen molar-refractivity contribution in [1.29, 1.82) is 0 Å². The Morgan fingerprint density at radius 1 is 0.769 bits per heavy atom. The van der Waals surface area contributed by atoms with E-state index < -0.39 is 0 Å². The largest absolute Gasteiger partial charge is 0.362 e. The predicted octanol–water partition coefficient (Wildman–Crippen LogP) is 7.63. The zero-order valence-corrected chi connectivity index (χ0v) is 20.3. The van der Waals surface area contributed by atoms with Crippen molar-refractivity contribution in [2.75, 3.05) is 20.3 Å². The van der Waals surface area contributed by atoms with Gasteiger partial charge in [0, 0.05) is 26.0 Å². The molecule has 4 heteroatoms. The van der Waals surface area contributed by atoms with Gasteiger partial charge < -0.3 is 9.80 Å². The average Bonchev–Trinajstić information content (AvgIpc) is 3.00. The van der Waals surface area contributed by atoms with E-state index in [2.05, 4.69) is 48.0 Å². The normalized spacial score (nSPS) is 13.1. The second kappa shape index (κ2) is 21.1. The van der Waals surface area contributed by atoms with Crippen LogP contribution < -0.4 is 0 Å². The Bertz CT molecular complexity index is 356. The molecule has 0 spiro atoms. The van der Waals surface area contributed by atoms with Crippen molar-refractivity contribution in [3.8, 4) is 0 Å². The first kappa shape index (κ1) is 28.0. The first-order valence-electron chi connectivity index (χ1n) is 10.2. The Kier molecular flexibility index (Phi) is 22.7. The summed E-state index contributed by atoms with van der Waals surface area (Å²) in [6.45, 7) is 5.99. The Morgan fingerprint density at radius 2 is 1.27 bits per heavy atom. The van der Waals surface area contributed by atoms with E-state index in [0.29, 0.717) is 0 Å². The highest BCUT2D eigenvalue weighted by molar-refractivity contribution is 8.93. The third-order valence-corrected chi connectivity index (χ3v) is 4.77. The summed E-state index contributed by atoms with van der Waals surface area (Å²) in [7, 11) is 2.14. The SMILES string of the molecule is Br.Br.C=CC=CCCCCCCCCCCCCCCN1C=CN(C)C1. The van der Waals surface area contributed by atoms with Crippen molar-refractivity contribution < 1.29 is 0 Å². The average molecular weight is 494 g/mol. The number of hydrogen-bond acceptors (Lipinski definition) is 2. The lowest BCUT2D eigenvalue weighted by atomic mass is 10.0. The molecule has 1 aliphatic heterocycles. The van der Waals surface area contributed by atoms with Crippen LogP contribution in [-0.2, 0) is 0 Å². The van der Waals surface area contributed by atoms with E-state index in [0.717, 1.165) is 6.67 Å². The molecule has 1 rings (SSSR count). The summed E-state index contributed by atoms with van der Waals surface area (Å²) in [4.78, 5) is 4.65. The van der Waals surface area contributed by atoms with Gasteiger partial charge in [0.05, 0.1) is 6.67 Å². The van der Waals surface area contributed by atoms with Crippen LogP contribution in [0.1, 0.15) is 83.5 Å². The van der Waals surface area contributed by atoms with Crippen LogP contribution in [0.2, 0.25) is 0 Å². The maximum atomic E-state index is 3.69. The van der Waals surface area contributed by atoms with E-state index in [9.17, 15) is 0 Å². The molecule has 0 bridgehead atoms. The summed E-state index contributed by atoms with van der Waals surface area (Å²) in [6.07, 6.45) is 28.7. The van der Waals surface area contributed by atoms with Crippen molar-refractivity contribution in [1.82, 2.24) is 9.80 Å². The molecule has 0 aliphatic carbocycles. The first-order chi connectivity index (χ1) is 11.8. The fraction of sp³-hybridized carbons (Fsp3) is 0.727. The van der Waals surface area contributed by atoms with Gasteiger partial charge in [-0.25, -0.2) is 0 Å². The summed E-state index contributed by atoms with van der Waals surface area (Å²) in [5.74, 6) is 0. The van der Waals surface area contributed by atoms with Crippen LogP contribution in [-0.4, -0.2) is 30.1 Å². The van der Waals surface area contributed by atoms with Gasteiger partial charge >= 0.3 is 0 Å². The molecule has 1 aliphatic rings. The number of nitrogens with zero attached hydrogens (tertiary/aromatic N) is 2. The minimum Gasteiger partial charge on any atom is -0.362 e. The minimum absolute atomic E-state index is 0. The maximum Gasteiger partial charge on any atom is 0.0890 e. The van der Waals surface area contributed by atoms with E-state index >= 15 is 0 Å². The van der Waals surface area contributed by atoms with Crippen LogP contribution in [0.4, 0.5) is 0 Å². The first-order valence-corrected chi connectivity index (χ1v) is 10.2. The van der Waals surface area contributed by atoms with Gasteiger partial charge in [0.15, 0.2) is 0 Å². The van der Waals surface area contributed by atoms with Crippen LogP contribution >= 0.6 is 34.0 Å². The molecule has 1 heterocycles. The zero-order valence-electron chi connectivity index (χ0n) is 16.9. The van der Waals surface area contributed by atoms with E-state index in [1.165, 1.54) is 90.0 Å². The van der Waals surface area contributed by atoms with Crippen LogP contribution in [0.25, 0.3) is 0 Å². The molecule has 0 saturated heterocycles. The molecular formula is C22H42Br2N2. The van der Waals surface area contributed by atoms with Gasteiger partial charge in [-0.05, 0) is 19.3 Å².